The van der Waals surface area contributed by atoms with E-state index < -0.39 is 24.4 Å². The van der Waals surface area contributed by atoms with Crippen LogP contribution < -0.4 is 0 Å². The van der Waals surface area contributed by atoms with Gasteiger partial charge in [0.1, 0.15) is 18.5 Å². The Labute approximate surface area is 826 Å². The number of fused-ring (bicyclic) bond motifs is 24. The molecule has 12 heteroatoms. The maximum atomic E-state index is 15.0. The lowest BCUT2D eigenvalue weighted by Crippen LogP contribution is -2.57. The fraction of sp³-hybridized carbons (Fsp3) is 1.00. The van der Waals surface area contributed by atoms with Crippen LogP contribution in [0.15, 0.2) is 0 Å². The van der Waals surface area contributed by atoms with E-state index in [4.69, 9.17) is 0 Å². The summed E-state index contributed by atoms with van der Waals surface area (Å²) in [5.74, 6) is 21.7. The van der Waals surface area contributed by atoms with E-state index >= 15 is 0 Å². The zero-order valence-electron chi connectivity index (χ0n) is 83.3. The van der Waals surface area contributed by atoms with Crippen LogP contribution >= 0.6 is 70.6 Å². The van der Waals surface area contributed by atoms with E-state index in [2.05, 4.69) is 92.2 Å². The van der Waals surface area contributed by atoms with Gasteiger partial charge in [-0.2, -0.15) is 70.6 Å². The van der Waals surface area contributed by atoms with Crippen molar-refractivity contribution >= 4 is 70.6 Å². The van der Waals surface area contributed by atoms with Gasteiger partial charge in [-0.15, -0.1) is 0 Å². The summed E-state index contributed by atoms with van der Waals surface area (Å²) in [7, 11) is 0. The molecular formula is C119H192F3N3S6. The third-order valence-corrected chi connectivity index (χ3v) is 58.7. The average Bonchev–Trinajstić information content (AvgIpc) is 1.55. The third-order valence-electron chi connectivity index (χ3n) is 47.3. The van der Waals surface area contributed by atoms with Crippen molar-refractivity contribution in [2.45, 2.75) is 599 Å². The van der Waals surface area contributed by atoms with Gasteiger partial charge in [0.2, 0.25) is 0 Å². The summed E-state index contributed by atoms with van der Waals surface area (Å²) in [4.78, 5) is 9.92. The Bertz CT molecular complexity index is 3520. The Hall–Kier alpha value is 1.77. The molecule has 0 aromatic carbocycles. The molecule has 31 atom stereocenters. The summed E-state index contributed by atoms with van der Waals surface area (Å²) in [5, 5.41) is 11.8. The van der Waals surface area contributed by atoms with Gasteiger partial charge in [-0.05, 0) is 387 Å². The lowest BCUT2D eigenvalue weighted by Gasteiger charge is -2.53. The van der Waals surface area contributed by atoms with E-state index in [0.29, 0.717) is 12.1 Å². The van der Waals surface area contributed by atoms with E-state index in [-0.39, 0.29) is 18.8 Å². The van der Waals surface area contributed by atoms with Gasteiger partial charge in [0, 0.05) is 136 Å². The number of rotatable bonds is 13. The molecule has 0 spiro atoms. The fourth-order valence-electron chi connectivity index (χ4n) is 41.7. The predicted octanol–water partition coefficient (Wildman–Crippen LogP) is 33.3. The molecule has 0 N–H and O–H groups in total. The zero-order valence-corrected chi connectivity index (χ0v) is 88.2. The molecule has 0 aromatic heterocycles. The topological polar surface area (TPSA) is 9.72 Å². The Morgan fingerprint density at radius 1 is 0.176 bits per heavy atom. The first-order valence-electron chi connectivity index (χ1n) is 60.8. The number of nitrogens with zero attached hydrogens (tertiary/aromatic N) is 3. The van der Waals surface area contributed by atoms with Crippen LogP contribution in [-0.4, -0.2) is 151 Å². The largest absolute Gasteiger partial charge is 0.293 e. The summed E-state index contributed by atoms with van der Waals surface area (Å²) < 4.78 is 43.8. The molecule has 6 aliphatic heterocycles. The van der Waals surface area contributed by atoms with Crippen molar-refractivity contribution in [3.63, 3.8) is 0 Å². The molecule has 0 radical (unpaired) electrons. The minimum Gasteiger partial charge on any atom is -0.293 e. The minimum atomic E-state index is -1.29. The zero-order chi connectivity index (χ0) is 87.3. The number of alkyl halides is 3. The summed E-state index contributed by atoms with van der Waals surface area (Å²) in [6.45, 7) is 2.50. The molecule has 31 unspecified atom stereocenters. The Morgan fingerprint density at radius 3 is 0.893 bits per heavy atom. The number of thioether (sulfide) groups is 6. The quantitative estimate of drug-likeness (QED) is 0.177. The molecule has 26 aliphatic rings. The number of hydrogen-bond donors (Lipinski definition) is 0. The van der Waals surface area contributed by atoms with Crippen LogP contribution in [0.5, 0.6) is 0 Å². The van der Waals surface area contributed by atoms with E-state index in [9.17, 15) is 13.2 Å². The Kier molecular flexibility index (Phi) is 31.2. The predicted molar refractivity (Wildman–Crippen MR) is 559 cm³/mol. The molecule has 131 heavy (non-hydrogen) atoms. The van der Waals surface area contributed by atoms with Crippen LogP contribution in [0.1, 0.15) is 463 Å². The summed E-state index contributed by atoms with van der Waals surface area (Å²) in [6.07, 6.45) is 99.4. The number of hydrogen-bond acceptors (Lipinski definition) is 9. The highest BCUT2D eigenvalue weighted by Crippen LogP contribution is 2.72. The molecule has 0 amide bonds. The van der Waals surface area contributed by atoms with Crippen LogP contribution in [0.4, 0.5) is 13.2 Å². The Morgan fingerprint density at radius 2 is 0.466 bits per heavy atom. The molecule has 26 fully saturated rings. The highest BCUT2D eigenvalue weighted by molar-refractivity contribution is 8.03. The van der Waals surface area contributed by atoms with Crippen molar-refractivity contribution in [3.8, 4) is 0 Å². The smallest absolute Gasteiger partial charge is 0.109 e. The van der Waals surface area contributed by atoms with E-state index in [1.807, 2.05) is 0 Å². The SMILES string of the molecule is C1CCC(C2CCC(N(C3CCC(C4CCCCC4)CC3)C3CCCC4C3SC3C4C4CCCCC4C4SC5CCCCC5C43)CC2)CC1.CC1CCC(C2CCC(N(C3CCCCC3)C3CCCC4C5CCC6SC7CCCCC7C6C5SC43)CC2)CC1.FC1CC(F)C(C2CCC(N(C3CCCCC3)C3CCCC4C5CCC6SC7CCCCC7C6C5SC43)CC2)C(F)C1. The van der Waals surface area contributed by atoms with Gasteiger partial charge < -0.3 is 0 Å². The second kappa shape index (κ2) is 43.1. The third kappa shape index (κ3) is 19.2. The van der Waals surface area contributed by atoms with Crippen molar-refractivity contribution in [1.82, 2.24) is 14.7 Å². The standard InChI is InChI=1S/C46H75NS2.C37H61NS2.C36H56F3NS2/c1-3-12-30(13-4-1)32-22-26-34(27-23-32)47(35-28-24-33(25-29-35)31-14-5-2-6-15-31)40-20-11-19-39-42-36-16-7-8-17-37(36)45-43(46(42)49-44(39)40)38-18-9-10-21-41(38)48-45;1-24-14-16-25(17-15-24)26-18-20-28(21-19-26)38(27-8-3-2-4-9-27)32-12-7-11-29-30-22-23-34-35(37(30)40-36(29)32)31-10-5-6-13-33(31)39-34;37-22-19-28(38)33(29(39)20-22)21-13-15-24(16-14-21)40(23-7-2-1-3-8-23)30-11-6-10-25-26-17-18-32-34(36(26)42-35(25)30)27-9-4-5-12-31(27)41-32/h30-46H,1-29H2;24-37H,2-23H2,1H3;21-36H,1-20H2. The van der Waals surface area contributed by atoms with E-state index in [0.717, 1.165) is 255 Å². The van der Waals surface area contributed by atoms with Gasteiger partial charge in [-0.1, -0.05) is 193 Å². The number of halogens is 3. The highest BCUT2D eigenvalue weighted by atomic mass is 32.2. The minimum absolute atomic E-state index is 0.0775. The Balaban J connectivity index is 0.000000109. The molecule has 0 bridgehead atoms. The van der Waals surface area contributed by atoms with Gasteiger partial charge in [0.05, 0.1) is 0 Å². The van der Waals surface area contributed by atoms with Crippen molar-refractivity contribution in [2.75, 3.05) is 0 Å². The van der Waals surface area contributed by atoms with E-state index in [1.165, 1.54) is 186 Å². The first kappa shape index (κ1) is 95.0. The average molecular weight is 1910 g/mol. The maximum Gasteiger partial charge on any atom is 0.109 e. The van der Waals surface area contributed by atoms with Crippen LogP contribution in [0.25, 0.3) is 0 Å². The molecular weight excluding hydrogens is 1720 g/mol. The molecule has 20 aliphatic carbocycles. The lowest BCUT2D eigenvalue weighted by atomic mass is 9.55. The molecule has 6 heterocycles. The van der Waals surface area contributed by atoms with Gasteiger partial charge in [-0.25, -0.2) is 13.2 Å². The van der Waals surface area contributed by atoms with E-state index in [1.54, 1.807) is 231 Å². The second-order valence-corrected chi connectivity index (χ2v) is 61.7. The summed E-state index contributed by atoms with van der Waals surface area (Å²) in [6, 6.07) is 7.54. The van der Waals surface area contributed by atoms with Crippen LogP contribution in [0.3, 0.4) is 0 Å². The molecule has 6 saturated heterocycles. The first-order chi connectivity index (χ1) is 64.6. The first-order valence-corrected chi connectivity index (χ1v) is 66.5. The lowest BCUT2D eigenvalue weighted by molar-refractivity contribution is -0.0336. The van der Waals surface area contributed by atoms with Crippen molar-refractivity contribution in [2.24, 2.45) is 136 Å². The van der Waals surface area contributed by atoms with Crippen LogP contribution in [0.2, 0.25) is 0 Å². The van der Waals surface area contributed by atoms with Gasteiger partial charge in [-0.3, -0.25) is 14.7 Å². The van der Waals surface area contributed by atoms with Gasteiger partial charge in [0.15, 0.2) is 0 Å². The second-order valence-electron chi connectivity index (χ2n) is 53.2. The highest BCUT2D eigenvalue weighted by Gasteiger charge is 2.68. The van der Waals surface area contributed by atoms with Crippen molar-refractivity contribution < 1.29 is 13.2 Å². The molecule has 20 saturated carbocycles. The van der Waals surface area contributed by atoms with Crippen LogP contribution in [-0.2, 0) is 0 Å². The summed E-state index contributed by atoms with van der Waals surface area (Å²) in [5.41, 5.74) is 0. The van der Waals surface area contributed by atoms with Gasteiger partial charge >= 0.3 is 0 Å². The van der Waals surface area contributed by atoms with Crippen molar-refractivity contribution in [3.05, 3.63) is 0 Å². The van der Waals surface area contributed by atoms with Crippen molar-refractivity contribution in [1.29, 1.82) is 0 Å². The molecule has 0 aromatic rings. The molecule has 26 rings (SSSR count). The monoisotopic (exact) mass is 1910 g/mol. The normalized spacial score (nSPS) is 51.9. The van der Waals surface area contributed by atoms with Crippen LogP contribution in [0, 0.1) is 136 Å². The maximum absolute atomic E-state index is 15.0. The molecule has 3 nitrogen and oxygen atoms in total. The molecule has 740 valence electrons. The van der Waals surface area contributed by atoms with Gasteiger partial charge in [0.25, 0.3) is 0 Å². The fourth-order valence-corrected chi connectivity index (χ4v) is 55.9. The summed E-state index contributed by atoms with van der Waals surface area (Å²) >= 11 is 15.4.